The van der Waals surface area contributed by atoms with E-state index in [9.17, 15) is 15.0 Å². The van der Waals surface area contributed by atoms with Crippen LogP contribution in [0.2, 0.25) is 0 Å². The molecular formula is C11H16N2O4. The molecule has 2 atom stereocenters. The number of anilines is 1. The summed E-state index contributed by atoms with van der Waals surface area (Å²) >= 11 is 0. The fourth-order valence-electron chi connectivity index (χ4n) is 1.41. The second kappa shape index (κ2) is 5.62. The van der Waals surface area contributed by atoms with Gasteiger partial charge in [-0.05, 0) is 18.2 Å². The number of carbonyl (C=O) groups is 1. The van der Waals surface area contributed by atoms with Gasteiger partial charge >= 0.3 is 5.97 Å². The molecule has 2 unspecified atom stereocenters. The van der Waals surface area contributed by atoms with Crippen LogP contribution < -0.4 is 11.5 Å². The molecule has 0 aliphatic carbocycles. The molecule has 1 aromatic rings. The summed E-state index contributed by atoms with van der Waals surface area (Å²) in [5.74, 6) is -0.541. The molecule has 0 aromatic heterocycles. The first kappa shape index (κ1) is 13.4. The Bertz CT molecular complexity index is 408. The highest BCUT2D eigenvalue weighted by atomic mass is 16.5. The maximum atomic E-state index is 11.3. The summed E-state index contributed by atoms with van der Waals surface area (Å²) in [6, 6.07) is 4.32. The number of rotatable bonds is 4. The number of nitrogens with two attached hydrogens (primary N) is 2. The standard InChI is InChI=1S/C11H16N2O4/c1-17-11(16)6-2-3-8(13)7(4-6)10(15)9(14)5-12/h2-4,9-10,14-15H,5,12-13H2,1H3. The van der Waals surface area contributed by atoms with Crippen LogP contribution in [-0.4, -0.2) is 35.9 Å². The second-order valence-corrected chi connectivity index (χ2v) is 3.58. The summed E-state index contributed by atoms with van der Waals surface area (Å²) < 4.78 is 4.55. The Labute approximate surface area is 98.8 Å². The van der Waals surface area contributed by atoms with Gasteiger partial charge < -0.3 is 26.4 Å². The minimum Gasteiger partial charge on any atom is -0.465 e. The molecule has 0 fully saturated rings. The molecule has 1 aromatic carbocycles. The number of aliphatic hydroxyl groups excluding tert-OH is 2. The van der Waals surface area contributed by atoms with Crippen molar-refractivity contribution in [2.45, 2.75) is 12.2 Å². The van der Waals surface area contributed by atoms with Crippen LogP contribution in [0.3, 0.4) is 0 Å². The molecule has 0 amide bonds. The van der Waals surface area contributed by atoms with Gasteiger partial charge in [-0.3, -0.25) is 0 Å². The van der Waals surface area contributed by atoms with E-state index in [0.717, 1.165) is 0 Å². The van der Waals surface area contributed by atoms with Gasteiger partial charge in [0.25, 0.3) is 0 Å². The molecule has 0 radical (unpaired) electrons. The Hall–Kier alpha value is -1.63. The van der Waals surface area contributed by atoms with E-state index in [1.165, 1.54) is 25.3 Å². The quantitative estimate of drug-likeness (QED) is 0.412. The zero-order chi connectivity index (χ0) is 13.0. The number of ether oxygens (including phenoxy) is 1. The van der Waals surface area contributed by atoms with Gasteiger partial charge in [-0.15, -0.1) is 0 Å². The first-order valence-corrected chi connectivity index (χ1v) is 5.05. The lowest BCUT2D eigenvalue weighted by molar-refractivity contribution is 0.0246. The van der Waals surface area contributed by atoms with E-state index in [4.69, 9.17) is 11.5 Å². The molecule has 0 aliphatic heterocycles. The smallest absolute Gasteiger partial charge is 0.337 e. The highest BCUT2D eigenvalue weighted by Gasteiger charge is 2.20. The van der Waals surface area contributed by atoms with Crippen molar-refractivity contribution in [3.8, 4) is 0 Å². The Balaban J connectivity index is 3.10. The lowest BCUT2D eigenvalue weighted by Gasteiger charge is -2.18. The number of carbonyl (C=O) groups excluding carboxylic acids is 1. The minimum absolute atomic E-state index is 0.108. The maximum Gasteiger partial charge on any atom is 0.337 e. The van der Waals surface area contributed by atoms with Crippen LogP contribution in [0.25, 0.3) is 0 Å². The first-order chi connectivity index (χ1) is 8.01. The topological polar surface area (TPSA) is 119 Å². The van der Waals surface area contributed by atoms with E-state index in [0.29, 0.717) is 0 Å². The number of methoxy groups -OCH3 is 1. The predicted octanol–water partition coefficient (Wildman–Crippen LogP) is -0.592. The highest BCUT2D eigenvalue weighted by molar-refractivity contribution is 5.90. The zero-order valence-electron chi connectivity index (χ0n) is 9.46. The van der Waals surface area contributed by atoms with Gasteiger partial charge in [0.1, 0.15) is 6.10 Å². The molecule has 0 saturated heterocycles. The van der Waals surface area contributed by atoms with Gasteiger partial charge in [-0.2, -0.15) is 0 Å². The van der Waals surface area contributed by atoms with Crippen LogP contribution in [0, 0.1) is 0 Å². The summed E-state index contributed by atoms with van der Waals surface area (Å²) in [5, 5.41) is 19.2. The summed E-state index contributed by atoms with van der Waals surface area (Å²) in [5.41, 5.74) is 11.7. The third kappa shape index (κ3) is 2.94. The molecule has 94 valence electrons. The van der Waals surface area contributed by atoms with E-state index in [-0.39, 0.29) is 23.4 Å². The van der Waals surface area contributed by atoms with E-state index >= 15 is 0 Å². The third-order valence-corrected chi connectivity index (χ3v) is 2.43. The van der Waals surface area contributed by atoms with Crippen molar-refractivity contribution in [2.75, 3.05) is 19.4 Å². The van der Waals surface area contributed by atoms with Crippen molar-refractivity contribution >= 4 is 11.7 Å². The number of benzene rings is 1. The highest BCUT2D eigenvalue weighted by Crippen LogP contribution is 2.24. The van der Waals surface area contributed by atoms with Gasteiger partial charge in [0, 0.05) is 17.8 Å². The summed E-state index contributed by atoms with van der Waals surface area (Å²) in [4.78, 5) is 11.3. The largest absolute Gasteiger partial charge is 0.465 e. The van der Waals surface area contributed by atoms with E-state index in [2.05, 4.69) is 4.74 Å². The molecular weight excluding hydrogens is 224 g/mol. The summed E-state index contributed by atoms with van der Waals surface area (Å²) in [6.07, 6.45) is -2.37. The number of hydrogen-bond donors (Lipinski definition) is 4. The first-order valence-electron chi connectivity index (χ1n) is 5.05. The van der Waals surface area contributed by atoms with Crippen molar-refractivity contribution in [2.24, 2.45) is 5.73 Å². The predicted molar refractivity (Wildman–Crippen MR) is 62.2 cm³/mol. The van der Waals surface area contributed by atoms with E-state index < -0.39 is 18.2 Å². The molecule has 6 heteroatoms. The van der Waals surface area contributed by atoms with Gasteiger partial charge in [0.2, 0.25) is 0 Å². The fourth-order valence-corrected chi connectivity index (χ4v) is 1.41. The van der Waals surface area contributed by atoms with Gasteiger partial charge in [0.15, 0.2) is 0 Å². The average molecular weight is 240 g/mol. The SMILES string of the molecule is COC(=O)c1ccc(N)c(C(O)C(O)CN)c1. The Morgan fingerprint density at radius 2 is 2.12 bits per heavy atom. The number of esters is 1. The summed E-state index contributed by atoms with van der Waals surface area (Å²) in [6.45, 7) is -0.108. The molecule has 6 nitrogen and oxygen atoms in total. The Morgan fingerprint density at radius 1 is 1.47 bits per heavy atom. The fraction of sp³-hybridized carbons (Fsp3) is 0.364. The normalized spacial score (nSPS) is 14.1. The summed E-state index contributed by atoms with van der Waals surface area (Å²) in [7, 11) is 1.25. The van der Waals surface area contributed by atoms with Crippen LogP contribution in [0.4, 0.5) is 5.69 Å². The number of hydrogen-bond acceptors (Lipinski definition) is 6. The van der Waals surface area contributed by atoms with Crippen molar-refractivity contribution in [1.29, 1.82) is 0 Å². The van der Waals surface area contributed by atoms with Crippen LogP contribution in [0.1, 0.15) is 22.0 Å². The zero-order valence-corrected chi connectivity index (χ0v) is 9.46. The maximum absolute atomic E-state index is 11.3. The molecule has 6 N–H and O–H groups in total. The number of aliphatic hydroxyl groups is 2. The Kier molecular flexibility index (Phi) is 4.45. The average Bonchev–Trinajstić information content (AvgIpc) is 2.36. The molecule has 0 heterocycles. The molecule has 0 saturated carbocycles. The minimum atomic E-state index is -1.23. The van der Waals surface area contributed by atoms with Crippen molar-refractivity contribution in [3.05, 3.63) is 29.3 Å². The molecule has 1 rings (SSSR count). The second-order valence-electron chi connectivity index (χ2n) is 3.58. The van der Waals surface area contributed by atoms with Gasteiger partial charge in [-0.25, -0.2) is 4.79 Å². The lowest BCUT2D eigenvalue weighted by Crippen LogP contribution is -2.27. The van der Waals surface area contributed by atoms with Gasteiger partial charge in [0.05, 0.1) is 18.8 Å². The van der Waals surface area contributed by atoms with E-state index in [1.807, 2.05) is 0 Å². The Morgan fingerprint density at radius 3 is 2.65 bits per heavy atom. The van der Waals surface area contributed by atoms with Crippen LogP contribution in [0.5, 0.6) is 0 Å². The van der Waals surface area contributed by atoms with Crippen LogP contribution >= 0.6 is 0 Å². The molecule has 0 aliphatic rings. The third-order valence-electron chi connectivity index (χ3n) is 2.43. The molecule has 0 bridgehead atoms. The lowest BCUT2D eigenvalue weighted by atomic mass is 10.00. The number of nitrogen functional groups attached to an aromatic ring is 1. The monoisotopic (exact) mass is 240 g/mol. The van der Waals surface area contributed by atoms with Crippen LogP contribution in [0.15, 0.2) is 18.2 Å². The van der Waals surface area contributed by atoms with E-state index in [1.54, 1.807) is 0 Å². The van der Waals surface area contributed by atoms with Crippen molar-refractivity contribution < 1.29 is 19.7 Å². The van der Waals surface area contributed by atoms with Crippen LogP contribution in [-0.2, 0) is 4.74 Å². The van der Waals surface area contributed by atoms with Crippen molar-refractivity contribution in [1.82, 2.24) is 0 Å². The van der Waals surface area contributed by atoms with Gasteiger partial charge in [-0.1, -0.05) is 0 Å². The van der Waals surface area contributed by atoms with Crippen molar-refractivity contribution in [3.63, 3.8) is 0 Å². The molecule has 17 heavy (non-hydrogen) atoms. The molecule has 0 spiro atoms.